The summed E-state index contributed by atoms with van der Waals surface area (Å²) < 4.78 is 11.3. The van der Waals surface area contributed by atoms with E-state index in [1.807, 2.05) is 0 Å². The van der Waals surface area contributed by atoms with Crippen LogP contribution >= 0.6 is 0 Å². The van der Waals surface area contributed by atoms with Crippen molar-refractivity contribution < 1.29 is 9.47 Å². The first kappa shape index (κ1) is 14.9. The second-order valence-corrected chi connectivity index (χ2v) is 5.18. The molecule has 0 radical (unpaired) electrons. The number of ether oxygens (including phenoxy) is 2. The van der Waals surface area contributed by atoms with Gasteiger partial charge in [0.15, 0.2) is 0 Å². The highest BCUT2D eigenvalue weighted by Crippen LogP contribution is 2.10. The molecule has 0 spiro atoms. The van der Waals surface area contributed by atoms with Gasteiger partial charge >= 0.3 is 0 Å². The molecule has 1 unspecified atom stereocenters. The first-order valence-corrected chi connectivity index (χ1v) is 6.21. The van der Waals surface area contributed by atoms with Crippen molar-refractivity contribution in [2.24, 2.45) is 0 Å². The maximum absolute atomic E-state index is 5.74. The average molecular weight is 216 g/mol. The van der Waals surface area contributed by atoms with Crippen LogP contribution in [0.25, 0.3) is 0 Å². The first-order valence-electron chi connectivity index (χ1n) is 6.21. The summed E-state index contributed by atoms with van der Waals surface area (Å²) in [7, 11) is 0. The molecule has 0 saturated carbocycles. The van der Waals surface area contributed by atoms with Crippen LogP contribution in [0.1, 0.15) is 60.3 Å². The topological polar surface area (TPSA) is 18.5 Å². The van der Waals surface area contributed by atoms with E-state index in [-0.39, 0.29) is 11.7 Å². The van der Waals surface area contributed by atoms with Crippen molar-refractivity contribution in [1.29, 1.82) is 0 Å². The molecule has 0 N–H and O–H groups in total. The fourth-order valence-electron chi connectivity index (χ4n) is 1.52. The highest BCUT2D eigenvalue weighted by atomic mass is 16.5. The summed E-state index contributed by atoms with van der Waals surface area (Å²) in [6.45, 7) is 12.1. The normalized spacial score (nSPS) is 14.2. The Bertz CT molecular complexity index is 138. The van der Waals surface area contributed by atoms with E-state index in [4.69, 9.17) is 9.47 Å². The van der Waals surface area contributed by atoms with Crippen LogP contribution in [0.5, 0.6) is 0 Å². The van der Waals surface area contributed by atoms with Gasteiger partial charge in [-0.2, -0.15) is 0 Å². The van der Waals surface area contributed by atoms with Gasteiger partial charge in [-0.25, -0.2) is 0 Å². The molecule has 1 atom stereocenters. The van der Waals surface area contributed by atoms with Crippen molar-refractivity contribution >= 4 is 0 Å². The quantitative estimate of drug-likeness (QED) is 0.575. The van der Waals surface area contributed by atoms with Gasteiger partial charge in [0.2, 0.25) is 0 Å². The van der Waals surface area contributed by atoms with Gasteiger partial charge in [0.25, 0.3) is 0 Å². The average Bonchev–Trinajstić information content (AvgIpc) is 2.08. The van der Waals surface area contributed by atoms with E-state index < -0.39 is 0 Å². The minimum absolute atomic E-state index is 0.0645. The van der Waals surface area contributed by atoms with Crippen LogP contribution in [-0.2, 0) is 9.47 Å². The first-order chi connectivity index (χ1) is 6.95. The van der Waals surface area contributed by atoms with E-state index >= 15 is 0 Å². The Morgan fingerprint density at radius 1 is 1.07 bits per heavy atom. The molecule has 0 aliphatic carbocycles. The largest absolute Gasteiger partial charge is 0.379 e. The zero-order chi connectivity index (χ0) is 11.7. The van der Waals surface area contributed by atoms with E-state index in [0.717, 1.165) is 6.61 Å². The second kappa shape index (κ2) is 8.12. The van der Waals surface area contributed by atoms with Gasteiger partial charge in [0.1, 0.15) is 0 Å². The van der Waals surface area contributed by atoms with E-state index in [2.05, 4.69) is 34.6 Å². The van der Waals surface area contributed by atoms with Crippen LogP contribution in [0.3, 0.4) is 0 Å². The van der Waals surface area contributed by atoms with Gasteiger partial charge < -0.3 is 9.47 Å². The fraction of sp³-hybridized carbons (Fsp3) is 1.00. The number of unbranched alkanes of at least 4 members (excludes halogenated alkanes) is 3. The second-order valence-electron chi connectivity index (χ2n) is 5.18. The number of hydrogen-bond donors (Lipinski definition) is 0. The molecule has 0 heterocycles. The SMILES string of the molecule is CCCCCCOCC(C)OC(C)(C)C. The highest BCUT2D eigenvalue weighted by molar-refractivity contribution is 4.62. The summed E-state index contributed by atoms with van der Waals surface area (Å²) in [6.07, 6.45) is 5.25. The molecule has 0 aromatic heterocycles. The van der Waals surface area contributed by atoms with Crippen LogP contribution in [-0.4, -0.2) is 24.9 Å². The predicted octanol–water partition coefficient (Wildman–Crippen LogP) is 3.79. The van der Waals surface area contributed by atoms with Crippen molar-refractivity contribution in [3.05, 3.63) is 0 Å². The molecule has 0 amide bonds. The lowest BCUT2D eigenvalue weighted by molar-refractivity contribution is -0.0842. The van der Waals surface area contributed by atoms with Gasteiger partial charge in [0.05, 0.1) is 18.3 Å². The third-order valence-electron chi connectivity index (χ3n) is 2.05. The van der Waals surface area contributed by atoms with Crippen molar-refractivity contribution in [2.45, 2.75) is 72.0 Å². The standard InChI is InChI=1S/C13H28O2/c1-6-7-8-9-10-14-11-12(2)15-13(3,4)5/h12H,6-11H2,1-5H3. The maximum atomic E-state index is 5.74. The van der Waals surface area contributed by atoms with Crippen molar-refractivity contribution in [2.75, 3.05) is 13.2 Å². The van der Waals surface area contributed by atoms with E-state index in [1.54, 1.807) is 0 Å². The smallest absolute Gasteiger partial charge is 0.0787 e. The minimum Gasteiger partial charge on any atom is -0.379 e. The molecule has 0 bridgehead atoms. The molecule has 0 saturated heterocycles. The van der Waals surface area contributed by atoms with Gasteiger partial charge in [-0.15, -0.1) is 0 Å². The van der Waals surface area contributed by atoms with Gasteiger partial charge in [-0.1, -0.05) is 26.2 Å². The minimum atomic E-state index is -0.0645. The Morgan fingerprint density at radius 3 is 2.27 bits per heavy atom. The molecule has 15 heavy (non-hydrogen) atoms. The Hall–Kier alpha value is -0.0800. The van der Waals surface area contributed by atoms with Gasteiger partial charge in [-0.3, -0.25) is 0 Å². The predicted molar refractivity (Wildman–Crippen MR) is 65.3 cm³/mol. The van der Waals surface area contributed by atoms with Crippen LogP contribution in [0.2, 0.25) is 0 Å². The lowest BCUT2D eigenvalue weighted by atomic mass is 10.2. The van der Waals surface area contributed by atoms with Crippen molar-refractivity contribution in [3.63, 3.8) is 0 Å². The van der Waals surface area contributed by atoms with Crippen molar-refractivity contribution in [3.8, 4) is 0 Å². The Kier molecular flexibility index (Phi) is 8.07. The van der Waals surface area contributed by atoms with E-state index in [0.29, 0.717) is 6.61 Å². The molecule has 0 aromatic rings. The van der Waals surface area contributed by atoms with Crippen LogP contribution in [0.4, 0.5) is 0 Å². The summed E-state index contributed by atoms with van der Waals surface area (Å²) in [4.78, 5) is 0. The summed E-state index contributed by atoms with van der Waals surface area (Å²) in [5.41, 5.74) is -0.0645. The highest BCUT2D eigenvalue weighted by Gasteiger charge is 2.14. The van der Waals surface area contributed by atoms with Crippen LogP contribution in [0, 0.1) is 0 Å². The van der Waals surface area contributed by atoms with Crippen LogP contribution in [0.15, 0.2) is 0 Å². The monoisotopic (exact) mass is 216 g/mol. The van der Waals surface area contributed by atoms with Gasteiger partial charge in [0, 0.05) is 6.61 Å². The summed E-state index contributed by atoms with van der Waals surface area (Å²) in [6, 6.07) is 0. The van der Waals surface area contributed by atoms with Gasteiger partial charge in [-0.05, 0) is 34.1 Å². The van der Waals surface area contributed by atoms with Crippen molar-refractivity contribution in [1.82, 2.24) is 0 Å². The maximum Gasteiger partial charge on any atom is 0.0787 e. The Balaban J connectivity index is 3.28. The molecule has 92 valence electrons. The molecule has 2 heteroatoms. The van der Waals surface area contributed by atoms with E-state index in [1.165, 1.54) is 25.7 Å². The zero-order valence-corrected chi connectivity index (χ0v) is 11.1. The molecular weight excluding hydrogens is 188 g/mol. The zero-order valence-electron chi connectivity index (χ0n) is 11.1. The third-order valence-corrected chi connectivity index (χ3v) is 2.05. The molecule has 0 rings (SSSR count). The lowest BCUT2D eigenvalue weighted by Gasteiger charge is -2.24. The molecule has 0 fully saturated rings. The number of rotatable bonds is 8. The molecule has 0 aliphatic heterocycles. The molecule has 0 aromatic carbocycles. The van der Waals surface area contributed by atoms with E-state index in [9.17, 15) is 0 Å². The summed E-state index contributed by atoms with van der Waals surface area (Å²) in [5, 5.41) is 0. The summed E-state index contributed by atoms with van der Waals surface area (Å²) >= 11 is 0. The lowest BCUT2D eigenvalue weighted by Crippen LogP contribution is -2.28. The number of hydrogen-bond acceptors (Lipinski definition) is 2. The molecule has 2 nitrogen and oxygen atoms in total. The fourth-order valence-corrected chi connectivity index (χ4v) is 1.52. The Morgan fingerprint density at radius 2 is 1.73 bits per heavy atom. The summed E-state index contributed by atoms with van der Waals surface area (Å²) in [5.74, 6) is 0. The Labute approximate surface area is 95.3 Å². The third kappa shape index (κ3) is 11.8. The molecule has 0 aliphatic rings. The van der Waals surface area contributed by atoms with Crippen LogP contribution < -0.4 is 0 Å². The molecular formula is C13H28O2.